The van der Waals surface area contributed by atoms with Crippen LogP contribution in [-0.4, -0.2) is 36.0 Å². The summed E-state index contributed by atoms with van der Waals surface area (Å²) in [5.74, 6) is 0.549. The van der Waals surface area contributed by atoms with E-state index in [2.05, 4.69) is 25.2 Å². The van der Waals surface area contributed by atoms with Crippen molar-refractivity contribution in [2.75, 3.05) is 11.9 Å². The average molecular weight is 407 g/mol. The van der Waals surface area contributed by atoms with Crippen LogP contribution in [0, 0.1) is 20.8 Å². The summed E-state index contributed by atoms with van der Waals surface area (Å²) in [6, 6.07) is 4.90. The van der Waals surface area contributed by atoms with Gasteiger partial charge >= 0.3 is 0 Å². The van der Waals surface area contributed by atoms with Gasteiger partial charge in [-0.3, -0.25) is 4.79 Å². The lowest BCUT2D eigenvalue weighted by molar-refractivity contribution is -0.115. The number of thiophene rings is 1. The number of carbonyl (C=O) groups excluding carboxylic acids is 1. The SMILES string of the molecule is Cc1ccc(NC(=O)CNS(=O)(=O)c2cc(-c3noc(C)n3)sc2C)nc1. The molecule has 3 aromatic heterocycles. The van der Waals surface area contributed by atoms with Gasteiger partial charge in [-0.25, -0.2) is 18.1 Å². The lowest BCUT2D eigenvalue weighted by Gasteiger charge is -2.07. The first-order valence-electron chi connectivity index (χ1n) is 7.88. The van der Waals surface area contributed by atoms with Crippen LogP contribution in [-0.2, 0) is 14.8 Å². The molecule has 0 aliphatic carbocycles. The predicted octanol–water partition coefficient (Wildman–Crippen LogP) is 2.04. The summed E-state index contributed by atoms with van der Waals surface area (Å²) in [7, 11) is -3.87. The van der Waals surface area contributed by atoms with Gasteiger partial charge in [0.25, 0.3) is 0 Å². The molecule has 0 aliphatic heterocycles. The Morgan fingerprint density at radius 2 is 2.04 bits per heavy atom. The van der Waals surface area contributed by atoms with E-state index in [1.54, 1.807) is 32.2 Å². The molecular weight excluding hydrogens is 390 g/mol. The molecule has 0 saturated heterocycles. The van der Waals surface area contributed by atoms with Crippen LogP contribution >= 0.6 is 11.3 Å². The maximum atomic E-state index is 12.5. The molecule has 3 heterocycles. The highest BCUT2D eigenvalue weighted by Gasteiger charge is 2.22. The molecule has 0 spiro atoms. The fourth-order valence-corrected chi connectivity index (χ4v) is 4.71. The summed E-state index contributed by atoms with van der Waals surface area (Å²) in [6.45, 7) is 4.79. The molecule has 0 radical (unpaired) electrons. The number of sulfonamides is 1. The van der Waals surface area contributed by atoms with Gasteiger partial charge in [0.05, 0.1) is 16.3 Å². The highest BCUT2D eigenvalue weighted by atomic mass is 32.2. The van der Waals surface area contributed by atoms with Crippen molar-refractivity contribution < 1.29 is 17.7 Å². The van der Waals surface area contributed by atoms with Crippen LogP contribution < -0.4 is 10.0 Å². The molecule has 11 heteroatoms. The van der Waals surface area contributed by atoms with Crippen molar-refractivity contribution in [3.63, 3.8) is 0 Å². The molecule has 2 N–H and O–H groups in total. The molecule has 142 valence electrons. The Morgan fingerprint density at radius 3 is 2.67 bits per heavy atom. The number of rotatable bonds is 6. The van der Waals surface area contributed by atoms with Crippen LogP contribution in [0.5, 0.6) is 0 Å². The first-order chi connectivity index (χ1) is 12.7. The Labute approximate surface area is 159 Å². The van der Waals surface area contributed by atoms with Gasteiger partial charge in [0.15, 0.2) is 0 Å². The average Bonchev–Trinajstić information content (AvgIpc) is 3.21. The molecule has 1 amide bonds. The van der Waals surface area contributed by atoms with Crippen LogP contribution in [0.25, 0.3) is 10.7 Å². The summed E-state index contributed by atoms with van der Waals surface area (Å²) >= 11 is 1.23. The van der Waals surface area contributed by atoms with Gasteiger partial charge in [-0.2, -0.15) is 4.98 Å². The van der Waals surface area contributed by atoms with Crippen molar-refractivity contribution in [3.8, 4) is 10.7 Å². The second-order valence-electron chi connectivity index (χ2n) is 5.76. The monoisotopic (exact) mass is 407 g/mol. The Balaban J connectivity index is 1.68. The summed E-state index contributed by atoms with van der Waals surface area (Å²) in [5.41, 5.74) is 0.953. The van der Waals surface area contributed by atoms with E-state index in [1.807, 2.05) is 6.92 Å². The quantitative estimate of drug-likeness (QED) is 0.640. The highest BCUT2D eigenvalue weighted by Crippen LogP contribution is 2.31. The Kier molecular flexibility index (Phi) is 5.35. The van der Waals surface area contributed by atoms with Crippen molar-refractivity contribution in [2.45, 2.75) is 25.7 Å². The standard InChI is InChI=1S/C16H17N5O4S2/c1-9-4-5-14(17-7-9)20-15(22)8-18-27(23,24)13-6-12(26-10(13)2)16-19-11(3)25-21-16/h4-7,18H,8H2,1-3H3,(H,17,20,22). The van der Waals surface area contributed by atoms with Gasteiger partial charge < -0.3 is 9.84 Å². The number of aryl methyl sites for hydroxylation is 3. The van der Waals surface area contributed by atoms with E-state index in [0.29, 0.717) is 27.3 Å². The maximum absolute atomic E-state index is 12.5. The second-order valence-corrected chi connectivity index (χ2v) is 8.75. The Morgan fingerprint density at radius 1 is 1.26 bits per heavy atom. The highest BCUT2D eigenvalue weighted by molar-refractivity contribution is 7.89. The Bertz CT molecular complexity index is 1070. The van der Waals surface area contributed by atoms with E-state index in [9.17, 15) is 13.2 Å². The van der Waals surface area contributed by atoms with E-state index in [1.165, 1.54) is 17.4 Å². The summed E-state index contributed by atoms with van der Waals surface area (Å²) < 4.78 is 32.3. The smallest absolute Gasteiger partial charge is 0.242 e. The van der Waals surface area contributed by atoms with Crippen LogP contribution in [0.3, 0.4) is 0 Å². The minimum absolute atomic E-state index is 0.0752. The summed E-state index contributed by atoms with van der Waals surface area (Å²) in [6.07, 6.45) is 1.61. The molecule has 9 nitrogen and oxygen atoms in total. The fourth-order valence-electron chi connectivity index (χ4n) is 2.21. The van der Waals surface area contributed by atoms with Crippen molar-refractivity contribution in [1.29, 1.82) is 0 Å². The van der Waals surface area contributed by atoms with Gasteiger partial charge in [-0.15, -0.1) is 11.3 Å². The van der Waals surface area contributed by atoms with E-state index in [4.69, 9.17) is 4.52 Å². The van der Waals surface area contributed by atoms with Gasteiger partial charge in [0.2, 0.25) is 27.6 Å². The van der Waals surface area contributed by atoms with Crippen LogP contribution in [0.1, 0.15) is 16.3 Å². The summed E-state index contributed by atoms with van der Waals surface area (Å²) in [4.78, 5) is 21.3. The lowest BCUT2D eigenvalue weighted by Crippen LogP contribution is -2.33. The van der Waals surface area contributed by atoms with Gasteiger partial charge in [-0.1, -0.05) is 11.2 Å². The van der Waals surface area contributed by atoms with Crippen molar-refractivity contribution in [2.24, 2.45) is 0 Å². The number of aromatic nitrogens is 3. The number of nitrogens with zero attached hydrogens (tertiary/aromatic N) is 3. The van der Waals surface area contributed by atoms with E-state index < -0.39 is 22.5 Å². The van der Waals surface area contributed by atoms with E-state index in [0.717, 1.165) is 5.56 Å². The molecule has 3 aromatic rings. The van der Waals surface area contributed by atoms with Crippen LogP contribution in [0.15, 0.2) is 33.8 Å². The van der Waals surface area contributed by atoms with Crippen molar-refractivity contribution >= 4 is 33.1 Å². The predicted molar refractivity (Wildman–Crippen MR) is 99.9 cm³/mol. The third kappa shape index (κ3) is 4.56. The van der Waals surface area contributed by atoms with Gasteiger partial charge in [0.1, 0.15) is 5.82 Å². The third-order valence-electron chi connectivity index (χ3n) is 3.51. The summed E-state index contributed by atoms with van der Waals surface area (Å²) in [5, 5.41) is 6.32. The molecule has 0 aromatic carbocycles. The third-order valence-corrected chi connectivity index (χ3v) is 6.21. The zero-order valence-electron chi connectivity index (χ0n) is 14.8. The maximum Gasteiger partial charge on any atom is 0.242 e. The largest absolute Gasteiger partial charge is 0.339 e. The number of pyridine rings is 1. The van der Waals surface area contributed by atoms with Gasteiger partial charge in [0, 0.05) is 18.0 Å². The molecule has 0 saturated carbocycles. The first kappa shape index (κ1) is 19.1. The molecule has 0 bridgehead atoms. The number of hydrogen-bond acceptors (Lipinski definition) is 8. The minimum Gasteiger partial charge on any atom is -0.339 e. The fraction of sp³-hybridized carbons (Fsp3) is 0.250. The van der Waals surface area contributed by atoms with E-state index in [-0.39, 0.29) is 4.90 Å². The number of nitrogens with one attached hydrogen (secondary N) is 2. The molecule has 3 rings (SSSR count). The molecule has 27 heavy (non-hydrogen) atoms. The number of carbonyl (C=O) groups is 1. The van der Waals surface area contributed by atoms with Gasteiger partial charge in [-0.05, 0) is 31.5 Å². The van der Waals surface area contributed by atoms with Crippen LogP contribution in [0.2, 0.25) is 0 Å². The molecule has 0 atom stereocenters. The van der Waals surface area contributed by atoms with E-state index >= 15 is 0 Å². The Hall–Kier alpha value is -2.63. The zero-order chi connectivity index (χ0) is 19.6. The number of hydrogen-bond donors (Lipinski definition) is 2. The van der Waals surface area contributed by atoms with Crippen molar-refractivity contribution in [3.05, 3.63) is 40.7 Å². The topological polar surface area (TPSA) is 127 Å². The molecule has 0 unspecified atom stereocenters. The first-order valence-corrected chi connectivity index (χ1v) is 10.2. The number of amides is 1. The molecule has 0 fully saturated rings. The zero-order valence-corrected chi connectivity index (χ0v) is 16.4. The minimum atomic E-state index is -3.87. The molecular formula is C16H17N5O4S2. The lowest BCUT2D eigenvalue weighted by atomic mass is 10.3. The normalized spacial score (nSPS) is 11.5. The second kappa shape index (κ2) is 7.55. The van der Waals surface area contributed by atoms with Crippen molar-refractivity contribution in [1.82, 2.24) is 19.8 Å². The number of anilines is 1. The molecule has 0 aliphatic rings. The van der Waals surface area contributed by atoms with Crippen LogP contribution in [0.4, 0.5) is 5.82 Å².